The number of amides is 2. The van der Waals surface area contributed by atoms with Crippen molar-refractivity contribution in [2.24, 2.45) is 0 Å². The van der Waals surface area contributed by atoms with Gasteiger partial charge in [-0.15, -0.1) is 5.10 Å². The third-order valence-corrected chi connectivity index (χ3v) is 5.90. The van der Waals surface area contributed by atoms with Crippen molar-refractivity contribution in [1.29, 1.82) is 0 Å². The minimum Gasteiger partial charge on any atom is -0.464 e. The molecule has 1 saturated carbocycles. The van der Waals surface area contributed by atoms with Gasteiger partial charge in [0.05, 0.1) is 0 Å². The molecule has 1 atom stereocenters. The second-order valence-electron chi connectivity index (χ2n) is 7.28. The second kappa shape index (κ2) is 8.97. The number of rotatable bonds is 6. The van der Waals surface area contributed by atoms with E-state index in [1.807, 2.05) is 0 Å². The Hall–Kier alpha value is -2.71. The molecule has 4 rings (SSSR count). The van der Waals surface area contributed by atoms with E-state index < -0.39 is 11.9 Å². The summed E-state index contributed by atoms with van der Waals surface area (Å²) in [4.78, 5) is 28.3. The average Bonchev–Trinajstić information content (AvgIpc) is 3.49. The molecule has 2 heterocycles. The predicted octanol–water partition coefficient (Wildman–Crippen LogP) is 4.54. The fourth-order valence-electron chi connectivity index (χ4n) is 3.69. The number of aryl methyl sites for hydroxylation is 1. The smallest absolute Gasteiger partial charge is 0.280 e. The van der Waals surface area contributed by atoms with Gasteiger partial charge in [-0.3, -0.25) is 14.5 Å². The maximum Gasteiger partial charge on any atom is 0.280 e. The Balaban J connectivity index is 1.78. The maximum absolute atomic E-state index is 13.4. The highest BCUT2D eigenvalue weighted by atomic mass is 35.5. The van der Waals surface area contributed by atoms with Gasteiger partial charge in [-0.05, 0) is 67.7 Å². The summed E-state index contributed by atoms with van der Waals surface area (Å²) in [7, 11) is 0. The Bertz CT molecular complexity index is 1010. The van der Waals surface area contributed by atoms with Crippen molar-refractivity contribution < 1.29 is 14.0 Å². The van der Waals surface area contributed by atoms with Gasteiger partial charge in [0, 0.05) is 22.1 Å². The molecule has 2 aromatic heterocycles. The highest BCUT2D eigenvalue weighted by molar-refractivity contribution is 7.03. The van der Waals surface area contributed by atoms with Crippen molar-refractivity contribution in [3.05, 3.63) is 64.0 Å². The van der Waals surface area contributed by atoms with Crippen molar-refractivity contribution >= 4 is 40.6 Å². The third-order valence-electron chi connectivity index (χ3n) is 5.14. The first-order valence-corrected chi connectivity index (χ1v) is 11.0. The first-order chi connectivity index (χ1) is 14.5. The summed E-state index contributed by atoms with van der Waals surface area (Å²) in [5.41, 5.74) is 0.676. The minimum absolute atomic E-state index is 0.0965. The zero-order valence-electron chi connectivity index (χ0n) is 16.4. The van der Waals surface area contributed by atoms with Crippen LogP contribution in [0.3, 0.4) is 0 Å². The van der Waals surface area contributed by atoms with Crippen molar-refractivity contribution in [1.82, 2.24) is 14.9 Å². The van der Waals surface area contributed by atoms with E-state index in [1.54, 1.807) is 48.7 Å². The lowest BCUT2D eigenvalue weighted by Gasteiger charge is -2.30. The molecular weight excluding hydrogens is 424 g/mol. The Morgan fingerprint density at radius 2 is 1.93 bits per heavy atom. The lowest BCUT2D eigenvalue weighted by molar-refractivity contribution is -0.123. The number of halogens is 1. The molecule has 0 spiro atoms. The average molecular weight is 445 g/mol. The van der Waals surface area contributed by atoms with E-state index >= 15 is 0 Å². The Morgan fingerprint density at radius 3 is 2.53 bits per heavy atom. The quantitative estimate of drug-likeness (QED) is 0.603. The topological polar surface area (TPSA) is 88.3 Å². The molecule has 0 unspecified atom stereocenters. The summed E-state index contributed by atoms with van der Waals surface area (Å²) in [6.45, 7) is 1.80. The van der Waals surface area contributed by atoms with Gasteiger partial charge in [0.1, 0.15) is 11.5 Å². The molecule has 0 saturated heterocycles. The van der Waals surface area contributed by atoms with Crippen LogP contribution in [0.2, 0.25) is 5.02 Å². The van der Waals surface area contributed by atoms with Gasteiger partial charge < -0.3 is 9.73 Å². The van der Waals surface area contributed by atoms with E-state index in [4.69, 9.17) is 16.0 Å². The first-order valence-electron chi connectivity index (χ1n) is 9.76. The number of carbonyl (C=O) groups excluding carboxylic acids is 2. The lowest BCUT2D eigenvalue weighted by Crippen LogP contribution is -2.46. The lowest BCUT2D eigenvalue weighted by atomic mass is 10.1. The number of hydrogen-bond acceptors (Lipinski definition) is 6. The van der Waals surface area contributed by atoms with Gasteiger partial charge in [-0.1, -0.05) is 28.9 Å². The highest BCUT2D eigenvalue weighted by Gasteiger charge is 2.37. The number of carbonyl (C=O) groups is 2. The molecule has 2 amide bonds. The molecule has 1 aliphatic rings. The summed E-state index contributed by atoms with van der Waals surface area (Å²) in [6.07, 6.45) is 4.03. The summed E-state index contributed by atoms with van der Waals surface area (Å²) in [5, 5.41) is 9.10. The number of nitrogens with zero attached hydrogens (tertiary/aromatic N) is 3. The fourth-order valence-corrected chi connectivity index (χ4v) is 4.25. The van der Waals surface area contributed by atoms with Crippen LogP contribution in [-0.2, 0) is 4.79 Å². The van der Waals surface area contributed by atoms with E-state index in [1.165, 1.54) is 4.90 Å². The van der Waals surface area contributed by atoms with E-state index in [9.17, 15) is 9.59 Å². The standard InChI is InChI=1S/C21H21ClN4O3S/c1-13-6-11-18(29-13)19(20(27)23-15-4-2-3-5-15)26(16-9-7-14(22)8-10-16)21(28)17-12-30-25-24-17/h6-12,15,19H,2-5H2,1H3,(H,23,27)/t19-/m0/s1. The van der Waals surface area contributed by atoms with E-state index in [-0.39, 0.29) is 17.6 Å². The number of anilines is 1. The molecular formula is C21H21ClN4O3S. The predicted molar refractivity (Wildman–Crippen MR) is 115 cm³/mol. The second-order valence-corrected chi connectivity index (χ2v) is 8.33. The summed E-state index contributed by atoms with van der Waals surface area (Å²) in [6, 6.07) is 9.36. The largest absolute Gasteiger partial charge is 0.464 e. The third kappa shape index (κ3) is 4.39. The zero-order valence-corrected chi connectivity index (χ0v) is 17.9. The number of hydrogen-bond donors (Lipinski definition) is 1. The van der Waals surface area contributed by atoms with Crippen LogP contribution in [-0.4, -0.2) is 27.4 Å². The molecule has 3 aromatic rings. The Labute approximate surface area is 183 Å². The van der Waals surface area contributed by atoms with Crippen molar-refractivity contribution in [3.8, 4) is 0 Å². The Morgan fingerprint density at radius 1 is 1.20 bits per heavy atom. The fraction of sp³-hybridized carbons (Fsp3) is 0.333. The van der Waals surface area contributed by atoms with Crippen LogP contribution >= 0.6 is 23.1 Å². The van der Waals surface area contributed by atoms with E-state index in [0.29, 0.717) is 22.2 Å². The van der Waals surface area contributed by atoms with Gasteiger partial charge in [-0.25, -0.2) is 0 Å². The number of nitrogens with one attached hydrogen (secondary N) is 1. The molecule has 9 heteroatoms. The highest BCUT2D eigenvalue weighted by Crippen LogP contribution is 2.32. The molecule has 1 N–H and O–H groups in total. The minimum atomic E-state index is -0.991. The number of furan rings is 1. The molecule has 1 fully saturated rings. The molecule has 0 radical (unpaired) electrons. The van der Waals surface area contributed by atoms with Crippen molar-refractivity contribution in [2.45, 2.75) is 44.7 Å². The van der Waals surface area contributed by atoms with Gasteiger partial charge in [-0.2, -0.15) is 0 Å². The summed E-state index contributed by atoms with van der Waals surface area (Å²) >= 11 is 7.12. The monoisotopic (exact) mass is 444 g/mol. The molecule has 0 aliphatic heterocycles. The van der Waals surface area contributed by atoms with Crippen molar-refractivity contribution in [2.75, 3.05) is 4.90 Å². The summed E-state index contributed by atoms with van der Waals surface area (Å²) < 4.78 is 9.61. The molecule has 30 heavy (non-hydrogen) atoms. The number of aromatic nitrogens is 2. The van der Waals surface area contributed by atoms with Crippen LogP contribution in [0.15, 0.2) is 46.2 Å². The molecule has 156 valence electrons. The zero-order chi connectivity index (χ0) is 21.1. The van der Waals surface area contributed by atoms with Crippen LogP contribution in [0.25, 0.3) is 0 Å². The van der Waals surface area contributed by atoms with Crippen LogP contribution in [0.4, 0.5) is 5.69 Å². The van der Waals surface area contributed by atoms with Crippen LogP contribution in [0.5, 0.6) is 0 Å². The van der Waals surface area contributed by atoms with Crippen LogP contribution in [0.1, 0.15) is 53.7 Å². The summed E-state index contributed by atoms with van der Waals surface area (Å²) in [5.74, 6) is 0.311. The molecule has 7 nitrogen and oxygen atoms in total. The van der Waals surface area contributed by atoms with Crippen LogP contribution in [0, 0.1) is 6.92 Å². The number of benzene rings is 1. The van der Waals surface area contributed by atoms with E-state index in [0.717, 1.165) is 37.2 Å². The van der Waals surface area contributed by atoms with Gasteiger partial charge >= 0.3 is 0 Å². The van der Waals surface area contributed by atoms with E-state index in [2.05, 4.69) is 14.9 Å². The molecule has 0 bridgehead atoms. The van der Waals surface area contributed by atoms with Crippen molar-refractivity contribution in [3.63, 3.8) is 0 Å². The molecule has 1 aliphatic carbocycles. The van der Waals surface area contributed by atoms with Gasteiger partial charge in [0.25, 0.3) is 11.8 Å². The maximum atomic E-state index is 13.4. The Kier molecular flexibility index (Phi) is 6.15. The molecule has 1 aromatic carbocycles. The van der Waals surface area contributed by atoms with Crippen LogP contribution < -0.4 is 10.2 Å². The van der Waals surface area contributed by atoms with Gasteiger partial charge in [0.2, 0.25) is 0 Å². The SMILES string of the molecule is Cc1ccc([C@@H](C(=O)NC2CCCC2)N(C(=O)c2csnn2)c2ccc(Cl)cc2)o1. The van der Waals surface area contributed by atoms with Gasteiger partial charge in [0.15, 0.2) is 11.7 Å². The first kappa shape index (κ1) is 20.6. The normalized spacial score (nSPS) is 15.1.